The van der Waals surface area contributed by atoms with Gasteiger partial charge in [0.05, 0.1) is 13.0 Å². The average molecular weight is 295 g/mol. The van der Waals surface area contributed by atoms with E-state index in [-0.39, 0.29) is 5.88 Å². The van der Waals surface area contributed by atoms with E-state index in [2.05, 4.69) is 15.3 Å². The van der Waals surface area contributed by atoms with Crippen LogP contribution < -0.4 is 10.1 Å². The van der Waals surface area contributed by atoms with Gasteiger partial charge >= 0.3 is 6.18 Å². The van der Waals surface area contributed by atoms with E-state index in [0.29, 0.717) is 11.0 Å². The van der Waals surface area contributed by atoms with E-state index >= 15 is 0 Å². The zero-order valence-electron chi connectivity index (χ0n) is 10.8. The van der Waals surface area contributed by atoms with Crippen molar-refractivity contribution >= 4 is 17.6 Å². The molecule has 8 heteroatoms. The minimum absolute atomic E-state index is 0.155. The second kappa shape index (κ2) is 7.42. The summed E-state index contributed by atoms with van der Waals surface area (Å²) in [5.41, 5.74) is 0. The summed E-state index contributed by atoms with van der Waals surface area (Å²) < 4.78 is 41.1. The summed E-state index contributed by atoms with van der Waals surface area (Å²) in [6, 6.07) is 1.51. The van der Waals surface area contributed by atoms with Crippen LogP contribution in [0, 0.1) is 0 Å². The molecule has 0 fully saturated rings. The first-order valence-electron chi connectivity index (χ1n) is 5.81. The quantitative estimate of drug-likeness (QED) is 0.617. The summed E-state index contributed by atoms with van der Waals surface area (Å²) in [5, 5.41) is 3.51. The van der Waals surface area contributed by atoms with E-state index in [9.17, 15) is 13.2 Å². The van der Waals surface area contributed by atoms with Crippen molar-refractivity contribution in [3.8, 4) is 5.88 Å². The van der Waals surface area contributed by atoms with Gasteiger partial charge in [-0.2, -0.15) is 18.2 Å². The van der Waals surface area contributed by atoms with Crippen molar-refractivity contribution in [3.63, 3.8) is 0 Å². The zero-order valence-corrected chi connectivity index (χ0v) is 11.6. The maximum atomic E-state index is 12.0. The first-order valence-corrected chi connectivity index (χ1v) is 7.03. The number of alkyl halides is 3. The maximum Gasteiger partial charge on any atom is 0.392 e. The van der Waals surface area contributed by atoms with Crippen LogP contribution in [0.15, 0.2) is 11.2 Å². The molecule has 0 radical (unpaired) electrons. The van der Waals surface area contributed by atoms with Crippen molar-refractivity contribution < 1.29 is 17.9 Å². The van der Waals surface area contributed by atoms with E-state index in [0.717, 1.165) is 13.0 Å². The number of rotatable bonds is 7. The number of aromatic nitrogens is 2. The molecule has 1 heterocycles. The molecule has 0 bridgehead atoms. The van der Waals surface area contributed by atoms with Crippen LogP contribution in [0.3, 0.4) is 0 Å². The first kappa shape index (κ1) is 15.9. The van der Waals surface area contributed by atoms with Crippen molar-refractivity contribution in [2.24, 2.45) is 0 Å². The van der Waals surface area contributed by atoms with Crippen molar-refractivity contribution in [1.29, 1.82) is 0 Å². The molecule has 0 saturated heterocycles. The fraction of sp³-hybridized carbons (Fsp3) is 0.636. The maximum absolute atomic E-state index is 12.0. The third-order valence-corrected chi connectivity index (χ3v) is 2.60. The van der Waals surface area contributed by atoms with Gasteiger partial charge in [0.15, 0.2) is 5.16 Å². The summed E-state index contributed by atoms with van der Waals surface area (Å²) in [6.45, 7) is 2.29. The summed E-state index contributed by atoms with van der Waals surface area (Å²) in [6.07, 6.45) is -2.51. The SMILES string of the molecule is CCCNc1cc(OCCC(F)(F)F)nc(SC)n1. The van der Waals surface area contributed by atoms with Gasteiger partial charge in [0.2, 0.25) is 5.88 Å². The Balaban J connectivity index is 2.65. The number of ether oxygens (including phenoxy) is 1. The fourth-order valence-electron chi connectivity index (χ4n) is 1.18. The predicted molar refractivity (Wildman–Crippen MR) is 68.8 cm³/mol. The van der Waals surface area contributed by atoms with Crippen LogP contribution in [0.4, 0.5) is 19.0 Å². The second-order valence-corrected chi connectivity index (χ2v) is 4.49. The molecule has 1 rings (SSSR count). The number of nitrogens with one attached hydrogen (secondary N) is 1. The summed E-state index contributed by atoms with van der Waals surface area (Å²) in [4.78, 5) is 8.19. The smallest absolute Gasteiger partial charge is 0.392 e. The van der Waals surface area contributed by atoms with Gasteiger partial charge in [0.1, 0.15) is 5.82 Å². The summed E-state index contributed by atoms with van der Waals surface area (Å²) >= 11 is 1.31. The highest BCUT2D eigenvalue weighted by Gasteiger charge is 2.27. The van der Waals surface area contributed by atoms with Crippen molar-refractivity contribution in [2.45, 2.75) is 31.1 Å². The van der Waals surface area contributed by atoms with Crippen molar-refractivity contribution in [1.82, 2.24) is 9.97 Å². The van der Waals surface area contributed by atoms with Gasteiger partial charge in [-0.05, 0) is 12.7 Å². The van der Waals surface area contributed by atoms with Crippen molar-refractivity contribution in [2.75, 3.05) is 24.7 Å². The van der Waals surface area contributed by atoms with Crippen LogP contribution in [0.5, 0.6) is 5.88 Å². The number of halogens is 3. The molecule has 1 N–H and O–H groups in total. The Morgan fingerprint density at radius 3 is 2.68 bits per heavy atom. The monoisotopic (exact) mass is 295 g/mol. The third kappa shape index (κ3) is 6.51. The molecule has 0 aliphatic rings. The van der Waals surface area contributed by atoms with Crippen molar-refractivity contribution in [3.05, 3.63) is 6.07 Å². The van der Waals surface area contributed by atoms with Crippen LogP contribution in [-0.2, 0) is 0 Å². The fourth-order valence-corrected chi connectivity index (χ4v) is 1.55. The highest BCUT2D eigenvalue weighted by atomic mass is 32.2. The Morgan fingerprint density at radius 2 is 2.11 bits per heavy atom. The number of hydrogen-bond acceptors (Lipinski definition) is 5. The van der Waals surface area contributed by atoms with Crippen LogP contribution >= 0.6 is 11.8 Å². The van der Waals surface area contributed by atoms with Crippen LogP contribution in [0.1, 0.15) is 19.8 Å². The number of anilines is 1. The third-order valence-electron chi connectivity index (χ3n) is 2.06. The summed E-state index contributed by atoms with van der Waals surface area (Å²) in [7, 11) is 0. The average Bonchev–Trinajstić information content (AvgIpc) is 2.34. The van der Waals surface area contributed by atoms with Gasteiger partial charge in [-0.1, -0.05) is 18.7 Å². The van der Waals surface area contributed by atoms with E-state index in [1.54, 1.807) is 6.26 Å². The molecule has 0 aliphatic heterocycles. The lowest BCUT2D eigenvalue weighted by Crippen LogP contribution is -2.14. The molecule has 1 aromatic rings. The van der Waals surface area contributed by atoms with Gasteiger partial charge in [-0.3, -0.25) is 0 Å². The van der Waals surface area contributed by atoms with Crippen LogP contribution in [-0.4, -0.2) is 35.6 Å². The molecule has 0 aromatic carbocycles. The summed E-state index contributed by atoms with van der Waals surface area (Å²) in [5.74, 6) is 0.713. The number of hydrogen-bond donors (Lipinski definition) is 1. The standard InChI is InChI=1S/C11H16F3N3OS/c1-3-5-15-8-7-9(17-10(16-8)19-2)18-6-4-11(12,13)14/h7H,3-6H2,1-2H3,(H,15,16,17). The zero-order chi connectivity index (χ0) is 14.3. The molecular formula is C11H16F3N3OS. The largest absolute Gasteiger partial charge is 0.477 e. The molecule has 0 aliphatic carbocycles. The lowest BCUT2D eigenvalue weighted by atomic mass is 10.4. The molecule has 4 nitrogen and oxygen atoms in total. The highest BCUT2D eigenvalue weighted by molar-refractivity contribution is 7.98. The molecular weight excluding hydrogens is 279 g/mol. The number of nitrogens with zero attached hydrogens (tertiary/aromatic N) is 2. The lowest BCUT2D eigenvalue weighted by Gasteiger charge is -2.10. The van der Waals surface area contributed by atoms with Crippen LogP contribution in [0.2, 0.25) is 0 Å². The van der Waals surface area contributed by atoms with E-state index in [4.69, 9.17) is 4.74 Å². The van der Waals surface area contributed by atoms with E-state index in [1.165, 1.54) is 17.8 Å². The minimum Gasteiger partial charge on any atom is -0.477 e. The minimum atomic E-state index is -4.22. The van der Waals surface area contributed by atoms with Gasteiger partial charge in [-0.15, -0.1) is 0 Å². The Labute approximate surface area is 114 Å². The van der Waals surface area contributed by atoms with Gasteiger partial charge in [-0.25, -0.2) is 4.98 Å². The Hall–Kier alpha value is -1.18. The lowest BCUT2D eigenvalue weighted by molar-refractivity contribution is -0.139. The molecule has 1 aromatic heterocycles. The topological polar surface area (TPSA) is 47.0 Å². The Morgan fingerprint density at radius 1 is 1.37 bits per heavy atom. The predicted octanol–water partition coefficient (Wildman–Crippen LogP) is 3.35. The second-order valence-electron chi connectivity index (χ2n) is 3.72. The number of thioether (sulfide) groups is 1. The molecule has 0 atom stereocenters. The normalized spacial score (nSPS) is 11.4. The molecule has 0 spiro atoms. The molecule has 0 unspecified atom stereocenters. The van der Waals surface area contributed by atoms with Gasteiger partial charge in [0.25, 0.3) is 0 Å². The Kier molecular flexibility index (Phi) is 6.20. The molecule has 19 heavy (non-hydrogen) atoms. The van der Waals surface area contributed by atoms with E-state index < -0.39 is 19.2 Å². The molecule has 108 valence electrons. The first-order chi connectivity index (χ1) is 8.94. The van der Waals surface area contributed by atoms with Gasteiger partial charge < -0.3 is 10.1 Å². The van der Waals surface area contributed by atoms with E-state index in [1.807, 2.05) is 6.92 Å². The molecule has 0 amide bonds. The Bertz CT molecular complexity index is 401. The highest BCUT2D eigenvalue weighted by Crippen LogP contribution is 2.22. The molecule has 0 saturated carbocycles. The van der Waals surface area contributed by atoms with Crippen LogP contribution in [0.25, 0.3) is 0 Å². The van der Waals surface area contributed by atoms with Gasteiger partial charge in [0, 0.05) is 12.6 Å².